The number of hydrogen-bond donors (Lipinski definition) is 0. The Morgan fingerprint density at radius 3 is 0.800 bits per heavy atom. The Bertz CT molecular complexity index is 2130. The Labute approximate surface area is 319 Å². The summed E-state index contributed by atoms with van der Waals surface area (Å²) < 4.78 is 0. The van der Waals surface area contributed by atoms with Gasteiger partial charge in [-0.1, -0.05) is 127 Å². The molecule has 0 saturated carbocycles. The minimum atomic E-state index is 0. The Balaban J connectivity index is 0.000000143. The number of aromatic nitrogens is 3. The van der Waals surface area contributed by atoms with Gasteiger partial charge in [0.15, 0.2) is 0 Å². The molecule has 0 aliphatic carbocycles. The maximum atomic E-state index is 4.35. The molecule has 0 aliphatic rings. The van der Waals surface area contributed by atoms with E-state index in [1.807, 2.05) is 109 Å². The first-order valence-electron chi connectivity index (χ1n) is 15.8. The predicted molar refractivity (Wildman–Crippen MR) is 198 cm³/mol. The van der Waals surface area contributed by atoms with Crippen molar-refractivity contribution in [2.24, 2.45) is 0 Å². The largest absolute Gasteiger partial charge is 3.00 e. The summed E-state index contributed by atoms with van der Waals surface area (Å²) in [5, 5.41) is 6.70. The summed E-state index contributed by atoms with van der Waals surface area (Å²) in [5.74, 6) is 0. The summed E-state index contributed by atoms with van der Waals surface area (Å²) in [6.45, 7) is 0. The molecule has 0 bridgehead atoms. The fraction of sp³-hybridized carbons (Fsp3) is 0. The van der Waals surface area contributed by atoms with Crippen molar-refractivity contribution in [1.82, 2.24) is 15.0 Å². The summed E-state index contributed by atoms with van der Waals surface area (Å²) in [6, 6.07) is 61.2. The molecule has 0 saturated heterocycles. The minimum Gasteiger partial charge on any atom is -0.352 e. The van der Waals surface area contributed by atoms with Gasteiger partial charge >= 0.3 is 40.2 Å². The van der Waals surface area contributed by atoms with Crippen LogP contribution >= 0.6 is 0 Å². The van der Waals surface area contributed by atoms with Gasteiger partial charge in [-0.2, -0.15) is 0 Å². The molecule has 5 heteroatoms. The van der Waals surface area contributed by atoms with E-state index in [9.17, 15) is 0 Å². The van der Waals surface area contributed by atoms with E-state index in [4.69, 9.17) is 0 Å². The Kier molecular flexibility index (Phi) is 13.0. The summed E-state index contributed by atoms with van der Waals surface area (Å²) >= 11 is 0. The molecule has 9 rings (SSSR count). The van der Waals surface area contributed by atoms with Gasteiger partial charge in [0.05, 0.1) is 0 Å². The molecule has 6 aromatic carbocycles. The van der Waals surface area contributed by atoms with E-state index in [1.165, 1.54) is 16.2 Å². The quantitative estimate of drug-likeness (QED) is 0.166. The Morgan fingerprint density at radius 1 is 0.280 bits per heavy atom. The topological polar surface area (TPSA) is 38.7 Å². The van der Waals surface area contributed by atoms with Crippen LogP contribution in [0, 0.1) is 18.6 Å². The van der Waals surface area contributed by atoms with E-state index in [0.717, 1.165) is 49.9 Å². The molecule has 0 unspecified atom stereocenters. The van der Waals surface area contributed by atoms with E-state index in [0.29, 0.717) is 0 Å². The van der Waals surface area contributed by atoms with Gasteiger partial charge in [-0.25, -0.2) is 0 Å². The molecule has 0 amide bonds. The van der Waals surface area contributed by atoms with E-state index in [1.54, 1.807) is 0 Å². The second kappa shape index (κ2) is 18.0. The number of benzene rings is 6. The van der Waals surface area contributed by atoms with Crippen molar-refractivity contribution in [3.63, 3.8) is 0 Å². The van der Waals surface area contributed by atoms with Crippen LogP contribution < -0.4 is 0 Å². The minimum absolute atomic E-state index is 0. The number of hydrogen-bond acceptors (Lipinski definition) is 3. The van der Waals surface area contributed by atoms with Gasteiger partial charge in [0.1, 0.15) is 0 Å². The average Bonchev–Trinajstić information content (AvgIpc) is 3.19. The predicted octanol–water partition coefficient (Wildman–Crippen LogP) is 11.1. The molecule has 50 heavy (non-hydrogen) atoms. The van der Waals surface area contributed by atoms with Crippen LogP contribution in [0.2, 0.25) is 0 Å². The zero-order valence-corrected chi connectivity index (χ0v) is 31.6. The zero-order valence-electron chi connectivity index (χ0n) is 26.8. The van der Waals surface area contributed by atoms with Gasteiger partial charge in [0, 0.05) is 0 Å². The third kappa shape index (κ3) is 9.09. The molecule has 9 aromatic rings. The average molecular weight is 997 g/mol. The van der Waals surface area contributed by atoms with E-state index >= 15 is 0 Å². The second-order valence-corrected chi connectivity index (χ2v) is 11.1. The Morgan fingerprint density at radius 2 is 0.520 bits per heavy atom. The third-order valence-corrected chi connectivity index (χ3v) is 7.86. The van der Waals surface area contributed by atoms with Crippen LogP contribution in [-0.2, 0) is 40.2 Å². The first-order chi connectivity index (χ1) is 23.8. The number of nitrogens with zero attached hydrogens (tertiary/aromatic N) is 3. The van der Waals surface area contributed by atoms with Crippen molar-refractivity contribution >= 4 is 32.3 Å². The zero-order chi connectivity index (χ0) is 32.4. The SMILES string of the molecule is [Ir+3].[Ir+3].[c-]1nc(-c2ccccc2)cc2ccccc12.[c-]1nc(-c2ccccc2)cc2ccccc12.[c-]1nc(-c2ccccc2)cc2ccccc12. The Hall–Kier alpha value is -5.15. The summed E-state index contributed by atoms with van der Waals surface area (Å²) in [6.07, 6.45) is 9.20. The molecular weight excluding hydrogens is 967 g/mol. The van der Waals surface area contributed by atoms with Crippen LogP contribution in [0.25, 0.3) is 66.1 Å². The molecule has 3 aromatic heterocycles. The fourth-order valence-electron chi connectivity index (χ4n) is 5.34. The molecule has 240 valence electrons. The van der Waals surface area contributed by atoms with E-state index < -0.39 is 0 Å². The van der Waals surface area contributed by atoms with Gasteiger partial charge in [-0.05, 0) is 52.4 Å². The van der Waals surface area contributed by atoms with Gasteiger partial charge in [-0.15, -0.1) is 86.9 Å². The van der Waals surface area contributed by atoms with Crippen LogP contribution in [0.15, 0.2) is 182 Å². The summed E-state index contributed by atoms with van der Waals surface area (Å²) in [4.78, 5) is 13.1. The molecule has 0 spiro atoms. The van der Waals surface area contributed by atoms with E-state index in [2.05, 4.69) is 106 Å². The first-order valence-corrected chi connectivity index (χ1v) is 15.8. The monoisotopic (exact) mass is 998 g/mol. The second-order valence-electron chi connectivity index (χ2n) is 11.1. The van der Waals surface area contributed by atoms with Crippen molar-refractivity contribution in [1.29, 1.82) is 0 Å². The van der Waals surface area contributed by atoms with Crippen LogP contribution in [0.5, 0.6) is 0 Å². The van der Waals surface area contributed by atoms with Crippen molar-refractivity contribution in [3.05, 3.63) is 201 Å². The summed E-state index contributed by atoms with van der Waals surface area (Å²) in [5.41, 5.74) is 6.30. The smallest absolute Gasteiger partial charge is 0.352 e. The molecule has 3 nitrogen and oxygen atoms in total. The van der Waals surface area contributed by atoms with Crippen LogP contribution in [0.3, 0.4) is 0 Å². The van der Waals surface area contributed by atoms with Crippen molar-refractivity contribution in [2.75, 3.05) is 0 Å². The molecule has 0 N–H and O–H groups in total. The van der Waals surface area contributed by atoms with E-state index in [-0.39, 0.29) is 40.2 Å². The normalized spacial score (nSPS) is 10.1. The number of pyridine rings is 3. The maximum absolute atomic E-state index is 4.35. The third-order valence-electron chi connectivity index (χ3n) is 7.86. The van der Waals surface area contributed by atoms with Gasteiger partial charge < -0.3 is 15.0 Å². The first kappa shape index (κ1) is 36.1. The standard InChI is InChI=1S/3C15H10N.2Ir/c3*1-2-6-12(7-3-1)15-10-13-8-4-5-9-14(13)11-16-15;;/h3*1-10H;;/q3*-1;2*+3. The summed E-state index contributed by atoms with van der Waals surface area (Å²) in [7, 11) is 0. The van der Waals surface area contributed by atoms with Crippen LogP contribution in [0.4, 0.5) is 0 Å². The number of fused-ring (bicyclic) bond motifs is 3. The van der Waals surface area contributed by atoms with Crippen LogP contribution in [-0.4, -0.2) is 15.0 Å². The van der Waals surface area contributed by atoms with Gasteiger partial charge in [0.25, 0.3) is 0 Å². The van der Waals surface area contributed by atoms with Crippen molar-refractivity contribution < 1.29 is 40.2 Å². The molecule has 0 aliphatic heterocycles. The molecule has 0 radical (unpaired) electrons. The fourth-order valence-corrected chi connectivity index (χ4v) is 5.34. The molecule has 3 heterocycles. The van der Waals surface area contributed by atoms with Crippen molar-refractivity contribution in [3.8, 4) is 33.8 Å². The van der Waals surface area contributed by atoms with Gasteiger partial charge in [-0.3, -0.25) is 0 Å². The number of rotatable bonds is 3. The van der Waals surface area contributed by atoms with Gasteiger partial charge in [0.2, 0.25) is 0 Å². The molecular formula is C45H30Ir2N3+3. The maximum Gasteiger partial charge on any atom is 3.00 e. The van der Waals surface area contributed by atoms with Crippen molar-refractivity contribution in [2.45, 2.75) is 0 Å². The molecule has 0 fully saturated rings. The molecule has 0 atom stereocenters. The van der Waals surface area contributed by atoms with Crippen LogP contribution in [0.1, 0.15) is 0 Å².